The normalized spacial score (nSPS) is 10.2. The minimum Gasteiger partial charge on any atom is -0.385 e. The number of nitrogens with one attached hydrogen (secondary N) is 1. The van der Waals surface area contributed by atoms with Crippen LogP contribution < -0.4 is 5.32 Å². The summed E-state index contributed by atoms with van der Waals surface area (Å²) in [7, 11) is 0. The first kappa shape index (κ1) is 12.0. The van der Waals surface area contributed by atoms with Crippen LogP contribution >= 0.6 is 11.8 Å². The topological polar surface area (TPSA) is 24.9 Å². The summed E-state index contributed by atoms with van der Waals surface area (Å²) in [5.74, 6) is 0. The van der Waals surface area contributed by atoms with Crippen molar-refractivity contribution in [2.24, 2.45) is 0 Å². The Hall–Kier alpha value is -1.48. The highest BCUT2D eigenvalue weighted by atomic mass is 32.2. The van der Waals surface area contributed by atoms with Crippen molar-refractivity contribution in [3.63, 3.8) is 0 Å². The molecule has 0 saturated carbocycles. The molecular weight excluding hydrogens is 228 g/mol. The first-order valence-corrected chi connectivity index (χ1v) is 6.88. The van der Waals surface area contributed by atoms with Gasteiger partial charge in [0, 0.05) is 29.5 Å². The number of benzene rings is 1. The summed E-state index contributed by atoms with van der Waals surface area (Å²) < 4.78 is 0. The third-order valence-corrected chi connectivity index (χ3v) is 3.30. The average Bonchev–Trinajstić information content (AvgIpc) is 2.41. The van der Waals surface area contributed by atoms with Crippen LogP contribution in [0.1, 0.15) is 5.56 Å². The predicted octanol–water partition coefficient (Wildman–Crippen LogP) is 3.46. The van der Waals surface area contributed by atoms with E-state index in [9.17, 15) is 0 Å². The standard InChI is InChI=1S/C14H16N2S/c1-17-14-6-4-13(5-7-14)16-10-8-12-3-2-9-15-11-12/h2-7,9,11,16H,8,10H2,1H3. The summed E-state index contributed by atoms with van der Waals surface area (Å²) >= 11 is 1.76. The summed E-state index contributed by atoms with van der Waals surface area (Å²) in [5, 5.41) is 3.41. The van der Waals surface area contributed by atoms with Gasteiger partial charge in [-0.25, -0.2) is 0 Å². The molecule has 1 aromatic heterocycles. The molecular formula is C14H16N2S. The van der Waals surface area contributed by atoms with Gasteiger partial charge in [0.05, 0.1) is 0 Å². The van der Waals surface area contributed by atoms with Crippen LogP contribution in [0, 0.1) is 0 Å². The van der Waals surface area contributed by atoms with Gasteiger partial charge >= 0.3 is 0 Å². The number of rotatable bonds is 5. The number of thioether (sulfide) groups is 1. The molecule has 0 amide bonds. The highest BCUT2D eigenvalue weighted by molar-refractivity contribution is 7.98. The summed E-state index contributed by atoms with van der Waals surface area (Å²) in [4.78, 5) is 5.40. The number of pyridine rings is 1. The molecule has 0 aliphatic carbocycles. The zero-order valence-corrected chi connectivity index (χ0v) is 10.7. The number of hydrogen-bond donors (Lipinski definition) is 1. The van der Waals surface area contributed by atoms with Crippen molar-refractivity contribution < 1.29 is 0 Å². The molecule has 2 rings (SSSR count). The Morgan fingerprint density at radius 2 is 2.00 bits per heavy atom. The van der Waals surface area contributed by atoms with Gasteiger partial charge in [0.2, 0.25) is 0 Å². The molecule has 0 bridgehead atoms. The second-order valence-corrected chi connectivity index (χ2v) is 4.65. The van der Waals surface area contributed by atoms with E-state index in [1.807, 2.05) is 12.3 Å². The van der Waals surface area contributed by atoms with Crippen LogP contribution in [0.25, 0.3) is 0 Å². The molecule has 2 aromatic rings. The molecule has 0 saturated heterocycles. The second-order valence-electron chi connectivity index (χ2n) is 3.77. The van der Waals surface area contributed by atoms with E-state index in [-0.39, 0.29) is 0 Å². The summed E-state index contributed by atoms with van der Waals surface area (Å²) in [6.07, 6.45) is 6.81. The minimum atomic E-state index is 0.935. The molecule has 1 heterocycles. The lowest BCUT2D eigenvalue weighted by Gasteiger charge is -2.06. The lowest BCUT2D eigenvalue weighted by Crippen LogP contribution is -2.04. The van der Waals surface area contributed by atoms with E-state index < -0.39 is 0 Å². The van der Waals surface area contributed by atoms with Gasteiger partial charge < -0.3 is 5.32 Å². The van der Waals surface area contributed by atoms with Crippen molar-refractivity contribution in [1.29, 1.82) is 0 Å². The van der Waals surface area contributed by atoms with Crippen LogP contribution in [0.15, 0.2) is 53.7 Å². The molecule has 0 spiro atoms. The SMILES string of the molecule is CSc1ccc(NCCc2cccnc2)cc1. The molecule has 2 nitrogen and oxygen atoms in total. The van der Waals surface area contributed by atoms with E-state index in [0.717, 1.165) is 13.0 Å². The lowest BCUT2D eigenvalue weighted by atomic mass is 10.2. The highest BCUT2D eigenvalue weighted by Crippen LogP contribution is 2.17. The molecule has 0 aliphatic rings. The smallest absolute Gasteiger partial charge is 0.0341 e. The molecule has 0 fully saturated rings. The zero-order chi connectivity index (χ0) is 11.9. The molecule has 88 valence electrons. The quantitative estimate of drug-likeness (QED) is 0.815. The van der Waals surface area contributed by atoms with Gasteiger partial charge in [-0.1, -0.05) is 6.07 Å². The largest absolute Gasteiger partial charge is 0.385 e. The monoisotopic (exact) mass is 244 g/mol. The summed E-state index contributed by atoms with van der Waals surface area (Å²) in [5.41, 5.74) is 2.44. The third-order valence-electron chi connectivity index (χ3n) is 2.56. The van der Waals surface area contributed by atoms with Crippen molar-refractivity contribution in [2.45, 2.75) is 11.3 Å². The molecule has 0 aliphatic heterocycles. The van der Waals surface area contributed by atoms with Crippen LogP contribution in [-0.4, -0.2) is 17.8 Å². The first-order chi connectivity index (χ1) is 8.38. The lowest BCUT2D eigenvalue weighted by molar-refractivity contribution is 1.00. The fourth-order valence-corrected chi connectivity index (χ4v) is 2.01. The van der Waals surface area contributed by atoms with E-state index >= 15 is 0 Å². The van der Waals surface area contributed by atoms with Crippen molar-refractivity contribution in [3.05, 3.63) is 54.4 Å². The first-order valence-electron chi connectivity index (χ1n) is 5.65. The van der Waals surface area contributed by atoms with E-state index in [4.69, 9.17) is 0 Å². The fraction of sp³-hybridized carbons (Fsp3) is 0.214. The molecule has 0 unspecified atom stereocenters. The minimum absolute atomic E-state index is 0.935. The van der Waals surface area contributed by atoms with E-state index in [0.29, 0.717) is 0 Å². The molecule has 1 aromatic carbocycles. The fourth-order valence-electron chi connectivity index (χ4n) is 1.61. The van der Waals surface area contributed by atoms with E-state index in [1.54, 1.807) is 18.0 Å². The van der Waals surface area contributed by atoms with Gasteiger partial charge in [-0.15, -0.1) is 11.8 Å². The summed E-state index contributed by atoms with van der Waals surface area (Å²) in [6, 6.07) is 12.6. The Bertz CT molecular complexity index is 440. The third kappa shape index (κ3) is 3.79. The van der Waals surface area contributed by atoms with Crippen LogP contribution in [0.5, 0.6) is 0 Å². The number of aromatic nitrogens is 1. The van der Waals surface area contributed by atoms with Crippen LogP contribution in [0.3, 0.4) is 0 Å². The maximum Gasteiger partial charge on any atom is 0.0341 e. The molecule has 17 heavy (non-hydrogen) atoms. The van der Waals surface area contributed by atoms with Crippen molar-refractivity contribution in [2.75, 3.05) is 18.1 Å². The van der Waals surface area contributed by atoms with Crippen LogP contribution in [0.2, 0.25) is 0 Å². The van der Waals surface area contributed by atoms with Gasteiger partial charge in [0.1, 0.15) is 0 Å². The maximum absolute atomic E-state index is 4.10. The molecule has 1 N–H and O–H groups in total. The Balaban J connectivity index is 1.82. The van der Waals surface area contributed by atoms with Gasteiger partial charge in [-0.2, -0.15) is 0 Å². The van der Waals surface area contributed by atoms with E-state index in [2.05, 4.69) is 46.9 Å². The van der Waals surface area contributed by atoms with Gasteiger partial charge in [-0.3, -0.25) is 4.98 Å². The Morgan fingerprint density at radius 1 is 1.18 bits per heavy atom. The average molecular weight is 244 g/mol. The predicted molar refractivity (Wildman–Crippen MR) is 74.7 cm³/mol. The molecule has 3 heteroatoms. The summed E-state index contributed by atoms with van der Waals surface area (Å²) in [6.45, 7) is 0.935. The van der Waals surface area contributed by atoms with Crippen LogP contribution in [0.4, 0.5) is 5.69 Å². The number of hydrogen-bond acceptors (Lipinski definition) is 3. The van der Waals surface area contributed by atoms with Gasteiger partial charge in [0.25, 0.3) is 0 Å². The van der Waals surface area contributed by atoms with E-state index in [1.165, 1.54) is 16.1 Å². The maximum atomic E-state index is 4.10. The van der Waals surface area contributed by atoms with Crippen molar-refractivity contribution >= 4 is 17.4 Å². The molecule has 0 radical (unpaired) electrons. The van der Waals surface area contributed by atoms with Crippen molar-refractivity contribution in [1.82, 2.24) is 4.98 Å². The second kappa shape index (κ2) is 6.30. The Labute approximate surface area is 106 Å². The van der Waals surface area contributed by atoms with Gasteiger partial charge in [-0.05, 0) is 48.6 Å². The number of nitrogens with zero attached hydrogens (tertiary/aromatic N) is 1. The Kier molecular flexibility index (Phi) is 4.45. The zero-order valence-electron chi connectivity index (χ0n) is 9.89. The molecule has 0 atom stereocenters. The Morgan fingerprint density at radius 3 is 2.65 bits per heavy atom. The van der Waals surface area contributed by atoms with Crippen molar-refractivity contribution in [3.8, 4) is 0 Å². The van der Waals surface area contributed by atoms with Crippen LogP contribution in [-0.2, 0) is 6.42 Å². The van der Waals surface area contributed by atoms with Gasteiger partial charge in [0.15, 0.2) is 0 Å². The highest BCUT2D eigenvalue weighted by Gasteiger charge is 1.94. The number of anilines is 1.